The fourth-order valence-electron chi connectivity index (χ4n) is 4.85. The van der Waals surface area contributed by atoms with E-state index in [4.69, 9.17) is 4.74 Å². The van der Waals surface area contributed by atoms with Gasteiger partial charge < -0.3 is 19.6 Å². The number of aryl methyl sites for hydroxylation is 2. The molecule has 0 aliphatic carbocycles. The van der Waals surface area contributed by atoms with Gasteiger partial charge in [-0.3, -0.25) is 9.69 Å². The molecular formula is C26H32N4O3S. The first kappa shape index (κ1) is 23.1. The molecule has 2 saturated heterocycles. The van der Waals surface area contributed by atoms with E-state index in [-0.39, 0.29) is 12.5 Å². The molecule has 8 heteroatoms. The minimum absolute atomic E-state index is 0.220. The summed E-state index contributed by atoms with van der Waals surface area (Å²) in [6, 6.07) is 12.2. The van der Waals surface area contributed by atoms with Gasteiger partial charge in [0, 0.05) is 63.1 Å². The summed E-state index contributed by atoms with van der Waals surface area (Å²) in [4.78, 5) is 23.3. The lowest BCUT2D eigenvalue weighted by atomic mass is 10.1. The van der Waals surface area contributed by atoms with Crippen molar-refractivity contribution in [1.82, 2.24) is 9.88 Å². The van der Waals surface area contributed by atoms with E-state index in [2.05, 4.69) is 39.9 Å². The van der Waals surface area contributed by atoms with E-state index in [1.807, 2.05) is 30.0 Å². The van der Waals surface area contributed by atoms with E-state index >= 15 is 0 Å². The monoisotopic (exact) mass is 480 g/mol. The average molecular weight is 481 g/mol. The van der Waals surface area contributed by atoms with Crippen molar-refractivity contribution in [3.8, 4) is 5.75 Å². The van der Waals surface area contributed by atoms with E-state index in [1.165, 1.54) is 11.3 Å². The zero-order valence-electron chi connectivity index (χ0n) is 19.9. The molecule has 2 aliphatic heterocycles. The summed E-state index contributed by atoms with van der Waals surface area (Å²) in [7, 11) is 0. The number of aromatic nitrogens is 1. The van der Waals surface area contributed by atoms with Crippen LogP contribution in [0.1, 0.15) is 23.4 Å². The summed E-state index contributed by atoms with van der Waals surface area (Å²) in [6.45, 7) is 9.35. The summed E-state index contributed by atoms with van der Waals surface area (Å²) in [6.07, 6.45) is 1.03. The second-order valence-electron chi connectivity index (χ2n) is 9.23. The maximum absolute atomic E-state index is 12.2. The Bertz CT molecular complexity index is 1170. The smallest absolute Gasteiger partial charge is 0.227 e. The summed E-state index contributed by atoms with van der Waals surface area (Å²) in [5.41, 5.74) is 4.38. The highest BCUT2D eigenvalue weighted by molar-refractivity contribution is 7.18. The zero-order valence-corrected chi connectivity index (χ0v) is 20.7. The third kappa shape index (κ3) is 5.04. The van der Waals surface area contributed by atoms with Gasteiger partial charge in [0.2, 0.25) is 5.91 Å². The molecule has 2 aromatic carbocycles. The molecule has 180 valence electrons. The third-order valence-electron chi connectivity index (χ3n) is 6.67. The number of rotatable bonds is 7. The lowest BCUT2D eigenvalue weighted by Gasteiger charge is -2.37. The Balaban J connectivity index is 1.13. The Morgan fingerprint density at radius 3 is 2.68 bits per heavy atom. The molecule has 1 aromatic heterocycles. The molecule has 1 amide bonds. The van der Waals surface area contributed by atoms with Crippen molar-refractivity contribution in [2.45, 2.75) is 32.8 Å². The standard InChI is InChI=1S/C26H32N4O3S/c1-18-5-6-20(30-9-3-4-26(30)32)14-24(18)29-12-10-28(11-13-29)16-21(31)17-33-22-7-8-25-23(15-22)27-19(2)34-25/h5-8,14-15,21,31H,3-4,9-13,16-17H2,1-2H3/t21-/m1/s1. The van der Waals surface area contributed by atoms with Crippen LogP contribution >= 0.6 is 11.3 Å². The number of anilines is 2. The summed E-state index contributed by atoms with van der Waals surface area (Å²) in [5.74, 6) is 0.964. The topological polar surface area (TPSA) is 69.1 Å². The molecule has 0 unspecified atom stereocenters. The van der Waals surface area contributed by atoms with Crippen molar-refractivity contribution in [2.75, 3.05) is 55.7 Å². The lowest BCUT2D eigenvalue weighted by Crippen LogP contribution is -2.49. The van der Waals surface area contributed by atoms with Crippen molar-refractivity contribution in [3.05, 3.63) is 47.0 Å². The molecule has 0 bridgehead atoms. The second kappa shape index (κ2) is 9.90. The maximum Gasteiger partial charge on any atom is 0.227 e. The quantitative estimate of drug-likeness (QED) is 0.557. The number of amides is 1. The third-order valence-corrected chi connectivity index (χ3v) is 7.62. The van der Waals surface area contributed by atoms with Crippen LogP contribution in [0.15, 0.2) is 36.4 Å². The van der Waals surface area contributed by atoms with Crippen LogP contribution in [0.2, 0.25) is 0 Å². The first-order valence-corrected chi connectivity index (χ1v) is 12.8. The van der Waals surface area contributed by atoms with Gasteiger partial charge in [0.05, 0.1) is 15.2 Å². The molecule has 1 atom stereocenters. The Hall–Kier alpha value is -2.68. The number of aliphatic hydroxyl groups excluding tert-OH is 1. The van der Waals surface area contributed by atoms with Crippen LogP contribution in [0.3, 0.4) is 0 Å². The maximum atomic E-state index is 12.2. The van der Waals surface area contributed by atoms with Crippen LogP contribution < -0.4 is 14.5 Å². The predicted molar refractivity (Wildman–Crippen MR) is 137 cm³/mol. The molecule has 2 aliphatic rings. The number of thiazole rings is 1. The molecular weight excluding hydrogens is 448 g/mol. The highest BCUT2D eigenvalue weighted by Gasteiger charge is 2.24. The molecule has 2 fully saturated rings. The number of carbonyl (C=O) groups is 1. The molecule has 0 radical (unpaired) electrons. The SMILES string of the molecule is Cc1nc2cc(OC[C@H](O)CN3CCN(c4cc(N5CCCC5=O)ccc4C)CC3)ccc2s1. The van der Waals surface area contributed by atoms with Crippen molar-refractivity contribution in [1.29, 1.82) is 0 Å². The van der Waals surface area contributed by atoms with Crippen LogP contribution in [-0.4, -0.2) is 72.9 Å². The van der Waals surface area contributed by atoms with Gasteiger partial charge in [0.15, 0.2) is 0 Å². The zero-order chi connectivity index (χ0) is 23.7. The van der Waals surface area contributed by atoms with Crippen LogP contribution in [0.4, 0.5) is 11.4 Å². The molecule has 0 spiro atoms. The molecule has 3 aromatic rings. The van der Waals surface area contributed by atoms with Gasteiger partial charge in [-0.05, 0) is 50.1 Å². The van der Waals surface area contributed by atoms with Gasteiger partial charge in [0.1, 0.15) is 18.5 Å². The number of β-amino-alcohol motifs (C(OH)–C–C–N with tert-alkyl or cyclic N) is 1. The first-order valence-electron chi connectivity index (χ1n) is 12.0. The van der Waals surface area contributed by atoms with Gasteiger partial charge in [0.25, 0.3) is 0 Å². The van der Waals surface area contributed by atoms with Crippen molar-refractivity contribution in [3.63, 3.8) is 0 Å². The fraction of sp³-hybridized carbons (Fsp3) is 0.462. The highest BCUT2D eigenvalue weighted by atomic mass is 32.1. The van der Waals surface area contributed by atoms with Gasteiger partial charge >= 0.3 is 0 Å². The number of aliphatic hydroxyl groups is 1. The molecule has 3 heterocycles. The number of hydrogen-bond donors (Lipinski definition) is 1. The minimum atomic E-state index is -0.550. The molecule has 7 nitrogen and oxygen atoms in total. The normalized spacial score (nSPS) is 18.1. The van der Waals surface area contributed by atoms with Gasteiger partial charge in [-0.25, -0.2) is 4.98 Å². The van der Waals surface area contributed by atoms with E-state index in [9.17, 15) is 9.90 Å². The van der Waals surface area contributed by atoms with Crippen LogP contribution in [0, 0.1) is 13.8 Å². The minimum Gasteiger partial charge on any atom is -0.491 e. The Labute approximate surface area is 204 Å². The number of benzene rings is 2. The Morgan fingerprint density at radius 2 is 1.91 bits per heavy atom. The van der Waals surface area contributed by atoms with E-state index in [0.717, 1.165) is 65.8 Å². The Kier molecular flexibility index (Phi) is 6.72. The Morgan fingerprint density at radius 1 is 1.09 bits per heavy atom. The average Bonchev–Trinajstić information content (AvgIpc) is 3.42. The van der Waals surface area contributed by atoms with Crippen LogP contribution in [0.25, 0.3) is 10.2 Å². The molecule has 1 N–H and O–H groups in total. The number of carbonyl (C=O) groups excluding carboxylic acids is 1. The first-order chi connectivity index (χ1) is 16.5. The number of piperazine rings is 1. The van der Waals surface area contributed by atoms with Crippen LogP contribution in [-0.2, 0) is 4.79 Å². The number of ether oxygens (including phenoxy) is 1. The second-order valence-corrected chi connectivity index (χ2v) is 10.5. The predicted octanol–water partition coefficient (Wildman–Crippen LogP) is 3.60. The number of hydrogen-bond acceptors (Lipinski definition) is 7. The van der Waals surface area contributed by atoms with Crippen molar-refractivity contribution >= 4 is 38.8 Å². The van der Waals surface area contributed by atoms with Gasteiger partial charge in [-0.2, -0.15) is 0 Å². The lowest BCUT2D eigenvalue weighted by molar-refractivity contribution is -0.117. The van der Waals surface area contributed by atoms with Crippen LogP contribution in [0.5, 0.6) is 5.75 Å². The fourth-order valence-corrected chi connectivity index (χ4v) is 5.66. The van der Waals surface area contributed by atoms with E-state index in [0.29, 0.717) is 13.0 Å². The number of fused-ring (bicyclic) bond motifs is 1. The molecule has 5 rings (SSSR count). The number of nitrogens with zero attached hydrogens (tertiary/aromatic N) is 4. The van der Waals surface area contributed by atoms with Crippen molar-refractivity contribution < 1.29 is 14.6 Å². The van der Waals surface area contributed by atoms with E-state index < -0.39 is 6.10 Å². The molecule has 0 saturated carbocycles. The van der Waals surface area contributed by atoms with Crippen molar-refractivity contribution in [2.24, 2.45) is 0 Å². The largest absolute Gasteiger partial charge is 0.491 e. The summed E-state index contributed by atoms with van der Waals surface area (Å²) < 4.78 is 7.00. The highest BCUT2D eigenvalue weighted by Crippen LogP contribution is 2.30. The summed E-state index contributed by atoms with van der Waals surface area (Å²) in [5, 5.41) is 11.6. The summed E-state index contributed by atoms with van der Waals surface area (Å²) >= 11 is 1.67. The van der Waals surface area contributed by atoms with Gasteiger partial charge in [-0.15, -0.1) is 11.3 Å². The van der Waals surface area contributed by atoms with Gasteiger partial charge in [-0.1, -0.05) is 6.07 Å². The molecule has 34 heavy (non-hydrogen) atoms. The van der Waals surface area contributed by atoms with E-state index in [1.54, 1.807) is 11.3 Å².